The van der Waals surface area contributed by atoms with E-state index in [1.54, 1.807) is 13.8 Å². The monoisotopic (exact) mass is 251 g/mol. The summed E-state index contributed by atoms with van der Waals surface area (Å²) < 4.78 is 0. The van der Waals surface area contributed by atoms with E-state index in [0.717, 1.165) is 0 Å². The number of hydrazine groups is 2. The van der Waals surface area contributed by atoms with Gasteiger partial charge in [0, 0.05) is 12.0 Å². The predicted octanol–water partition coefficient (Wildman–Crippen LogP) is -0.224. The highest BCUT2D eigenvalue weighted by Gasteiger charge is 2.00. The third-order valence-corrected chi connectivity index (χ3v) is 1.27. The first-order chi connectivity index (χ1) is 7.72. The highest BCUT2D eigenvalue weighted by Crippen LogP contribution is 1.86. The summed E-state index contributed by atoms with van der Waals surface area (Å²) in [4.78, 5) is 14.5. The molecule has 0 aromatic rings. The molecule has 0 aromatic heterocycles. The van der Waals surface area contributed by atoms with Crippen LogP contribution in [0.25, 0.3) is 0 Å². The molecule has 0 spiro atoms. The zero-order chi connectivity index (χ0) is 14.4. The lowest BCUT2D eigenvalue weighted by Gasteiger charge is -1.98. The van der Waals surface area contributed by atoms with Crippen LogP contribution in [0.4, 0.5) is 0 Å². The average molecular weight is 251 g/mol. The van der Waals surface area contributed by atoms with Crippen molar-refractivity contribution < 1.29 is 9.63 Å². The van der Waals surface area contributed by atoms with Crippen LogP contribution in [0.1, 0.15) is 41.5 Å². The van der Waals surface area contributed by atoms with Crippen LogP contribution < -0.4 is 28.4 Å². The second-order valence-electron chi connectivity index (χ2n) is 4.17. The SMILES string of the molecule is CC(C)C(=O)NN.CC(C)NN.CC(C)ON. The van der Waals surface area contributed by atoms with Gasteiger partial charge in [0.25, 0.3) is 0 Å². The maximum absolute atomic E-state index is 10.3. The fourth-order valence-corrected chi connectivity index (χ4v) is 0.167. The molecule has 7 nitrogen and oxygen atoms in total. The van der Waals surface area contributed by atoms with E-state index in [0.29, 0.717) is 6.04 Å². The maximum Gasteiger partial charge on any atom is 0.236 e. The molecule has 1 amide bonds. The molecule has 0 saturated carbocycles. The topological polar surface area (TPSA) is 128 Å². The van der Waals surface area contributed by atoms with Crippen molar-refractivity contribution in [2.75, 3.05) is 0 Å². The molecule has 8 N–H and O–H groups in total. The van der Waals surface area contributed by atoms with E-state index < -0.39 is 0 Å². The summed E-state index contributed by atoms with van der Waals surface area (Å²) in [5.74, 6) is 14.2. The fourth-order valence-electron chi connectivity index (χ4n) is 0.167. The first kappa shape index (κ1) is 21.5. The van der Waals surface area contributed by atoms with E-state index in [1.165, 1.54) is 0 Å². The molecule has 0 aromatic carbocycles. The molecule has 106 valence electrons. The molecule has 0 atom stereocenters. The van der Waals surface area contributed by atoms with Crippen LogP contribution in [0.2, 0.25) is 0 Å². The standard InChI is InChI=1S/C4H10N2O.C3H10N2.C3H9NO/c1-3(2)4(7)6-5;2*1-3(2)5-4/h3H,5H2,1-2H3,(H,6,7);3,5H,4H2,1-2H3;3H,4H2,1-2H3. The van der Waals surface area contributed by atoms with Crippen molar-refractivity contribution in [3.05, 3.63) is 0 Å². The molecule has 0 aliphatic heterocycles. The summed E-state index contributed by atoms with van der Waals surface area (Å²) in [5.41, 5.74) is 4.55. The summed E-state index contributed by atoms with van der Waals surface area (Å²) in [6.45, 7) is 11.3. The number of rotatable bonds is 3. The minimum atomic E-state index is -0.125. The quantitative estimate of drug-likeness (QED) is 0.268. The number of amides is 1. The summed E-state index contributed by atoms with van der Waals surface area (Å²) in [6.07, 6.45) is 0.162. The first-order valence-electron chi connectivity index (χ1n) is 5.54. The maximum atomic E-state index is 10.3. The average Bonchev–Trinajstić information content (AvgIpc) is 2.29. The minimum absolute atomic E-state index is 0.00926. The van der Waals surface area contributed by atoms with Gasteiger partial charge in [0.15, 0.2) is 0 Å². The number of hydrogen-bond donors (Lipinski definition) is 5. The van der Waals surface area contributed by atoms with Crippen molar-refractivity contribution in [1.82, 2.24) is 10.9 Å². The van der Waals surface area contributed by atoms with Gasteiger partial charge in [-0.3, -0.25) is 21.5 Å². The Kier molecular flexibility index (Phi) is 19.4. The van der Waals surface area contributed by atoms with Crippen LogP contribution in [0.3, 0.4) is 0 Å². The molecule has 0 aliphatic carbocycles. The van der Waals surface area contributed by atoms with Gasteiger partial charge < -0.3 is 4.84 Å². The Hall–Kier alpha value is -0.730. The highest BCUT2D eigenvalue weighted by molar-refractivity contribution is 5.77. The smallest absolute Gasteiger partial charge is 0.236 e. The summed E-state index contributed by atoms with van der Waals surface area (Å²) >= 11 is 0. The Balaban J connectivity index is -0.000000177. The van der Waals surface area contributed by atoms with Gasteiger partial charge in [-0.1, -0.05) is 13.8 Å². The van der Waals surface area contributed by atoms with Gasteiger partial charge in [-0.2, -0.15) is 0 Å². The third-order valence-electron chi connectivity index (χ3n) is 1.27. The van der Waals surface area contributed by atoms with Crippen LogP contribution in [0.5, 0.6) is 0 Å². The van der Waals surface area contributed by atoms with Gasteiger partial charge in [0.1, 0.15) is 0 Å². The second-order valence-corrected chi connectivity index (χ2v) is 4.17. The minimum Gasteiger partial charge on any atom is -0.302 e. The van der Waals surface area contributed by atoms with Gasteiger partial charge >= 0.3 is 0 Å². The van der Waals surface area contributed by atoms with Crippen molar-refractivity contribution in [1.29, 1.82) is 0 Å². The lowest BCUT2D eigenvalue weighted by Crippen LogP contribution is -2.33. The summed E-state index contributed by atoms with van der Waals surface area (Å²) in [7, 11) is 0. The van der Waals surface area contributed by atoms with Gasteiger partial charge in [0.05, 0.1) is 6.10 Å². The number of nitrogens with one attached hydrogen (secondary N) is 2. The Morgan fingerprint density at radius 2 is 1.35 bits per heavy atom. The molecule has 0 saturated heterocycles. The van der Waals surface area contributed by atoms with Gasteiger partial charge in [-0.05, 0) is 27.7 Å². The number of nitrogens with two attached hydrogens (primary N) is 3. The zero-order valence-electron chi connectivity index (χ0n) is 11.8. The number of hydrogen-bond acceptors (Lipinski definition) is 6. The van der Waals surface area contributed by atoms with Gasteiger partial charge in [-0.25, -0.2) is 11.7 Å². The molecule has 0 bridgehead atoms. The van der Waals surface area contributed by atoms with Gasteiger partial charge in [-0.15, -0.1) is 0 Å². The molecule has 0 fully saturated rings. The van der Waals surface area contributed by atoms with Crippen molar-refractivity contribution in [2.45, 2.75) is 53.7 Å². The van der Waals surface area contributed by atoms with E-state index in [1.807, 2.05) is 33.1 Å². The molecule has 0 heterocycles. The molecule has 0 radical (unpaired) electrons. The van der Waals surface area contributed by atoms with E-state index in [-0.39, 0.29) is 17.9 Å². The predicted molar refractivity (Wildman–Crippen MR) is 70.0 cm³/mol. The van der Waals surface area contributed by atoms with Crippen molar-refractivity contribution >= 4 is 5.91 Å². The lowest BCUT2D eigenvalue weighted by atomic mass is 10.2. The third kappa shape index (κ3) is 31.3. The van der Waals surface area contributed by atoms with Crippen LogP contribution in [0.15, 0.2) is 0 Å². The van der Waals surface area contributed by atoms with Crippen molar-refractivity contribution in [2.24, 2.45) is 23.5 Å². The summed E-state index contributed by atoms with van der Waals surface area (Å²) in [6, 6.07) is 0.412. The van der Waals surface area contributed by atoms with Crippen LogP contribution in [-0.4, -0.2) is 18.1 Å². The first-order valence-corrected chi connectivity index (χ1v) is 5.54. The normalized spacial score (nSPS) is 9.41. The molecule has 17 heavy (non-hydrogen) atoms. The molecule has 0 rings (SSSR count). The number of carbonyl (C=O) groups excluding carboxylic acids is 1. The van der Waals surface area contributed by atoms with E-state index in [2.05, 4.69) is 16.2 Å². The van der Waals surface area contributed by atoms with Crippen LogP contribution >= 0.6 is 0 Å². The van der Waals surface area contributed by atoms with Crippen LogP contribution in [0, 0.1) is 5.92 Å². The number of carbonyl (C=O) groups is 1. The second kappa shape index (κ2) is 15.3. The van der Waals surface area contributed by atoms with E-state index in [9.17, 15) is 4.79 Å². The zero-order valence-corrected chi connectivity index (χ0v) is 11.8. The van der Waals surface area contributed by atoms with Crippen molar-refractivity contribution in [3.63, 3.8) is 0 Å². The van der Waals surface area contributed by atoms with E-state index >= 15 is 0 Å². The van der Waals surface area contributed by atoms with Crippen LogP contribution in [-0.2, 0) is 9.63 Å². The van der Waals surface area contributed by atoms with Crippen molar-refractivity contribution in [3.8, 4) is 0 Å². The molecular weight excluding hydrogens is 222 g/mol. The fraction of sp³-hybridized carbons (Fsp3) is 0.900. The molecule has 7 heteroatoms. The Morgan fingerprint density at radius 3 is 1.35 bits per heavy atom. The van der Waals surface area contributed by atoms with Gasteiger partial charge in [0.2, 0.25) is 5.91 Å². The Labute approximate surface area is 104 Å². The highest BCUT2D eigenvalue weighted by atomic mass is 16.6. The molecule has 0 aliphatic rings. The molecular formula is C10H29N5O2. The largest absolute Gasteiger partial charge is 0.302 e. The summed E-state index contributed by atoms with van der Waals surface area (Å²) in [5, 5.41) is 0. The molecule has 0 unspecified atom stereocenters. The Morgan fingerprint density at radius 1 is 1.06 bits per heavy atom. The van der Waals surface area contributed by atoms with E-state index in [4.69, 9.17) is 11.7 Å². The Bertz CT molecular complexity index is 155. The lowest BCUT2D eigenvalue weighted by molar-refractivity contribution is -0.124.